The zero-order chi connectivity index (χ0) is 10.9. The summed E-state index contributed by atoms with van der Waals surface area (Å²) in [6, 6.07) is 0. The summed E-state index contributed by atoms with van der Waals surface area (Å²) in [7, 11) is 0. The number of carbonyl (C=O) groups excluding carboxylic acids is 2. The number of aldehydes is 1. The fourth-order valence-electron chi connectivity index (χ4n) is 2.81. The first-order valence-corrected chi connectivity index (χ1v) is 5.82. The standard InChI is InChI=1S/C12H18O3/c1-2-3-4-5-10(14)15-12-6-11(7-12,8-12)9-13/h9H,2-8H2,1H3. The molecule has 0 heterocycles. The molecule has 84 valence electrons. The lowest BCUT2D eigenvalue weighted by molar-refractivity contribution is -0.257. The summed E-state index contributed by atoms with van der Waals surface area (Å²) in [5.74, 6) is -0.0809. The topological polar surface area (TPSA) is 43.4 Å². The van der Waals surface area contributed by atoms with Crippen LogP contribution in [-0.4, -0.2) is 17.9 Å². The van der Waals surface area contributed by atoms with Crippen molar-refractivity contribution in [2.45, 2.75) is 57.5 Å². The third-order valence-corrected chi connectivity index (χ3v) is 3.59. The van der Waals surface area contributed by atoms with Crippen molar-refractivity contribution in [3.63, 3.8) is 0 Å². The van der Waals surface area contributed by atoms with Gasteiger partial charge in [0, 0.05) is 11.8 Å². The molecule has 2 bridgehead atoms. The van der Waals surface area contributed by atoms with Crippen LogP contribution in [0.4, 0.5) is 0 Å². The normalized spacial score (nSPS) is 36.3. The van der Waals surface area contributed by atoms with Crippen molar-refractivity contribution in [1.29, 1.82) is 0 Å². The van der Waals surface area contributed by atoms with Gasteiger partial charge in [0.2, 0.25) is 0 Å². The predicted octanol–water partition coefficient (Wildman–Crippen LogP) is 2.23. The van der Waals surface area contributed by atoms with Crippen molar-refractivity contribution in [2.24, 2.45) is 5.41 Å². The van der Waals surface area contributed by atoms with Crippen molar-refractivity contribution in [2.75, 3.05) is 0 Å². The summed E-state index contributed by atoms with van der Waals surface area (Å²) in [5, 5.41) is 0. The fraction of sp³-hybridized carbons (Fsp3) is 0.833. The summed E-state index contributed by atoms with van der Waals surface area (Å²) < 4.78 is 5.42. The molecule has 0 saturated heterocycles. The van der Waals surface area contributed by atoms with Gasteiger partial charge in [-0.1, -0.05) is 19.8 Å². The van der Waals surface area contributed by atoms with Crippen LogP contribution in [0.3, 0.4) is 0 Å². The van der Waals surface area contributed by atoms with Crippen LogP contribution < -0.4 is 0 Å². The molecule has 0 atom stereocenters. The molecular weight excluding hydrogens is 192 g/mol. The predicted molar refractivity (Wildman–Crippen MR) is 55.3 cm³/mol. The molecule has 0 radical (unpaired) electrons. The highest BCUT2D eigenvalue weighted by molar-refractivity contribution is 5.73. The Morgan fingerprint density at radius 2 is 2.00 bits per heavy atom. The molecule has 0 aromatic carbocycles. The minimum Gasteiger partial charge on any atom is -0.459 e. The van der Waals surface area contributed by atoms with Crippen LogP contribution >= 0.6 is 0 Å². The van der Waals surface area contributed by atoms with Gasteiger partial charge in [0.25, 0.3) is 0 Å². The number of esters is 1. The van der Waals surface area contributed by atoms with Crippen LogP contribution in [-0.2, 0) is 14.3 Å². The van der Waals surface area contributed by atoms with Gasteiger partial charge in [0.15, 0.2) is 0 Å². The average Bonchev–Trinajstić information content (AvgIpc) is 2.09. The van der Waals surface area contributed by atoms with Gasteiger partial charge in [-0.15, -0.1) is 0 Å². The molecule has 0 N–H and O–H groups in total. The number of hydrogen-bond acceptors (Lipinski definition) is 3. The van der Waals surface area contributed by atoms with Crippen molar-refractivity contribution < 1.29 is 14.3 Å². The van der Waals surface area contributed by atoms with E-state index in [2.05, 4.69) is 6.92 Å². The Kier molecular flexibility index (Phi) is 2.57. The van der Waals surface area contributed by atoms with Gasteiger partial charge in [-0.25, -0.2) is 0 Å². The van der Waals surface area contributed by atoms with E-state index in [0.717, 1.165) is 44.8 Å². The third kappa shape index (κ3) is 1.80. The van der Waals surface area contributed by atoms with Crippen LogP contribution in [0.2, 0.25) is 0 Å². The lowest BCUT2D eigenvalue weighted by Gasteiger charge is -2.66. The summed E-state index contributed by atoms with van der Waals surface area (Å²) in [6.07, 6.45) is 6.98. The zero-order valence-corrected chi connectivity index (χ0v) is 9.25. The first-order chi connectivity index (χ1) is 7.14. The maximum atomic E-state index is 11.4. The van der Waals surface area contributed by atoms with Crippen molar-refractivity contribution >= 4 is 12.3 Å². The Morgan fingerprint density at radius 1 is 1.33 bits per heavy atom. The minimum atomic E-state index is -0.232. The third-order valence-electron chi connectivity index (χ3n) is 3.59. The largest absolute Gasteiger partial charge is 0.459 e. The molecule has 0 aromatic heterocycles. The van der Waals surface area contributed by atoms with Gasteiger partial charge >= 0.3 is 5.97 Å². The van der Waals surface area contributed by atoms with Crippen LogP contribution in [0.15, 0.2) is 0 Å². The van der Waals surface area contributed by atoms with E-state index in [4.69, 9.17) is 4.74 Å². The van der Waals surface area contributed by atoms with Crippen LogP contribution in [0.25, 0.3) is 0 Å². The molecule has 3 aliphatic carbocycles. The second kappa shape index (κ2) is 3.62. The smallest absolute Gasteiger partial charge is 0.306 e. The highest BCUT2D eigenvalue weighted by Crippen LogP contribution is 2.68. The van der Waals surface area contributed by atoms with Gasteiger partial charge in [0.05, 0.1) is 0 Å². The maximum absolute atomic E-state index is 11.4. The Balaban J connectivity index is 1.67. The first kappa shape index (κ1) is 10.7. The molecule has 3 heteroatoms. The molecule has 0 spiro atoms. The summed E-state index contributed by atoms with van der Waals surface area (Å²) in [5.41, 5.74) is -0.339. The number of hydrogen-bond donors (Lipinski definition) is 0. The lowest BCUT2D eigenvalue weighted by Crippen LogP contribution is -2.69. The Labute approximate surface area is 90.2 Å². The molecule has 3 fully saturated rings. The fourth-order valence-corrected chi connectivity index (χ4v) is 2.81. The quantitative estimate of drug-likeness (QED) is 0.383. The van der Waals surface area contributed by atoms with E-state index in [1.165, 1.54) is 0 Å². The van der Waals surface area contributed by atoms with Crippen LogP contribution in [0.5, 0.6) is 0 Å². The zero-order valence-electron chi connectivity index (χ0n) is 9.25. The second-order valence-electron chi connectivity index (χ2n) is 5.12. The van der Waals surface area contributed by atoms with E-state index in [1.54, 1.807) is 0 Å². The Bertz CT molecular complexity index is 263. The molecule has 3 saturated carbocycles. The van der Waals surface area contributed by atoms with Gasteiger partial charge in [-0.05, 0) is 25.7 Å². The summed E-state index contributed by atoms with van der Waals surface area (Å²) in [6.45, 7) is 2.11. The number of ether oxygens (including phenoxy) is 1. The highest BCUT2D eigenvalue weighted by atomic mass is 16.6. The number of rotatable bonds is 6. The molecule has 0 aromatic rings. The van der Waals surface area contributed by atoms with Gasteiger partial charge in [-0.2, -0.15) is 0 Å². The lowest BCUT2D eigenvalue weighted by atomic mass is 9.42. The molecule has 15 heavy (non-hydrogen) atoms. The van der Waals surface area contributed by atoms with Gasteiger partial charge in [-0.3, -0.25) is 4.79 Å². The van der Waals surface area contributed by atoms with Crippen molar-refractivity contribution in [3.05, 3.63) is 0 Å². The summed E-state index contributed by atoms with van der Waals surface area (Å²) >= 11 is 0. The SMILES string of the molecule is CCCCCC(=O)OC12CC(C=O)(C1)C2. The van der Waals surface area contributed by atoms with E-state index in [1.807, 2.05) is 0 Å². The monoisotopic (exact) mass is 210 g/mol. The number of unbranched alkanes of at least 4 members (excludes halogenated alkanes) is 2. The first-order valence-electron chi connectivity index (χ1n) is 5.82. The van der Waals surface area contributed by atoms with Crippen LogP contribution in [0.1, 0.15) is 51.9 Å². The van der Waals surface area contributed by atoms with Crippen LogP contribution in [0, 0.1) is 5.41 Å². The second-order valence-corrected chi connectivity index (χ2v) is 5.12. The Morgan fingerprint density at radius 3 is 2.53 bits per heavy atom. The van der Waals surface area contributed by atoms with E-state index >= 15 is 0 Å². The molecule has 3 rings (SSSR count). The highest BCUT2D eigenvalue weighted by Gasteiger charge is 2.70. The molecule has 0 unspecified atom stereocenters. The Hall–Kier alpha value is -0.860. The van der Waals surface area contributed by atoms with E-state index in [0.29, 0.717) is 6.42 Å². The summed E-state index contributed by atoms with van der Waals surface area (Å²) in [4.78, 5) is 22.1. The van der Waals surface area contributed by atoms with E-state index in [9.17, 15) is 9.59 Å². The molecule has 3 aliphatic rings. The van der Waals surface area contributed by atoms with Crippen molar-refractivity contribution in [1.82, 2.24) is 0 Å². The molecular formula is C12H18O3. The molecule has 0 aliphatic heterocycles. The average molecular weight is 210 g/mol. The van der Waals surface area contributed by atoms with E-state index in [-0.39, 0.29) is 17.0 Å². The van der Waals surface area contributed by atoms with E-state index < -0.39 is 0 Å². The van der Waals surface area contributed by atoms with Gasteiger partial charge in [0.1, 0.15) is 11.9 Å². The minimum absolute atomic E-state index is 0.0809. The molecule has 3 nitrogen and oxygen atoms in total. The molecule has 0 amide bonds. The number of carbonyl (C=O) groups is 2. The van der Waals surface area contributed by atoms with Crippen molar-refractivity contribution in [3.8, 4) is 0 Å². The maximum Gasteiger partial charge on any atom is 0.306 e. The van der Waals surface area contributed by atoms with Gasteiger partial charge < -0.3 is 9.53 Å².